The summed E-state index contributed by atoms with van der Waals surface area (Å²) in [6.07, 6.45) is 3.78. The number of fused-ring (bicyclic) bond motifs is 2. The summed E-state index contributed by atoms with van der Waals surface area (Å²) in [6, 6.07) is 0. The van der Waals surface area contributed by atoms with Gasteiger partial charge in [-0.3, -0.25) is 0 Å². The highest BCUT2D eigenvalue weighted by Crippen LogP contribution is 2.45. The Balaban J connectivity index is 1.88. The maximum Gasteiger partial charge on any atom is 0.128 e. The monoisotopic (exact) mass is 243 g/mol. The molecule has 0 amide bonds. The van der Waals surface area contributed by atoms with Crippen LogP contribution >= 0.6 is 15.9 Å². The van der Waals surface area contributed by atoms with Crippen LogP contribution in [0.15, 0.2) is 10.2 Å². The lowest BCUT2D eigenvalue weighted by Crippen LogP contribution is -2.57. The molecule has 0 aromatic carbocycles. The van der Waals surface area contributed by atoms with Crippen molar-refractivity contribution >= 4 is 15.9 Å². The second-order valence-corrected chi connectivity index (χ2v) is 5.57. The van der Waals surface area contributed by atoms with Gasteiger partial charge in [-0.05, 0) is 31.8 Å². The molecule has 4 heteroatoms. The van der Waals surface area contributed by atoms with Crippen LogP contribution in [-0.4, -0.2) is 35.0 Å². The van der Waals surface area contributed by atoms with Crippen molar-refractivity contribution in [2.45, 2.75) is 29.8 Å². The highest BCUT2D eigenvalue weighted by atomic mass is 79.9. The lowest BCUT2D eigenvalue weighted by molar-refractivity contribution is 0.0311. The standard InChI is InChI=1S/C9H14BrN3/c10-8-5-9(12-11-8)6-13-3-1-7(9)2-4-13/h7-8H,1-6H2. The van der Waals surface area contributed by atoms with Crippen LogP contribution in [0.3, 0.4) is 0 Å². The van der Waals surface area contributed by atoms with Crippen molar-refractivity contribution in [2.75, 3.05) is 19.6 Å². The van der Waals surface area contributed by atoms with Crippen molar-refractivity contribution < 1.29 is 0 Å². The molecule has 3 nitrogen and oxygen atoms in total. The SMILES string of the molecule is BrC1CC2(CN3CCC2CC3)N=N1. The van der Waals surface area contributed by atoms with Gasteiger partial charge in [-0.2, -0.15) is 10.2 Å². The van der Waals surface area contributed by atoms with Gasteiger partial charge in [0.15, 0.2) is 0 Å². The van der Waals surface area contributed by atoms with Crippen LogP contribution in [-0.2, 0) is 0 Å². The number of hydrogen-bond donors (Lipinski definition) is 0. The molecule has 3 saturated heterocycles. The number of nitrogens with zero attached hydrogens (tertiary/aromatic N) is 3. The van der Waals surface area contributed by atoms with E-state index in [0.29, 0.717) is 0 Å². The van der Waals surface area contributed by atoms with Gasteiger partial charge < -0.3 is 4.90 Å². The molecule has 4 heterocycles. The van der Waals surface area contributed by atoms with Crippen LogP contribution in [0.4, 0.5) is 0 Å². The normalized spacial score (nSPS) is 53.5. The lowest BCUT2D eigenvalue weighted by Gasteiger charge is -2.49. The number of halogens is 1. The Morgan fingerprint density at radius 2 is 2.08 bits per heavy atom. The maximum atomic E-state index is 4.53. The van der Waals surface area contributed by atoms with E-state index in [1.807, 2.05) is 0 Å². The van der Waals surface area contributed by atoms with E-state index in [4.69, 9.17) is 0 Å². The molecule has 0 aliphatic carbocycles. The lowest BCUT2D eigenvalue weighted by atomic mass is 9.72. The van der Waals surface area contributed by atoms with Crippen LogP contribution in [0.5, 0.6) is 0 Å². The summed E-state index contributed by atoms with van der Waals surface area (Å²) in [5, 5.41) is 8.77. The van der Waals surface area contributed by atoms with Crippen LogP contribution < -0.4 is 0 Å². The van der Waals surface area contributed by atoms with Gasteiger partial charge in [-0.25, -0.2) is 0 Å². The van der Waals surface area contributed by atoms with Crippen molar-refractivity contribution in [1.29, 1.82) is 0 Å². The third-order valence-corrected chi connectivity index (χ3v) is 4.26. The van der Waals surface area contributed by atoms with Crippen molar-refractivity contribution in [3.05, 3.63) is 0 Å². The van der Waals surface area contributed by atoms with E-state index in [1.165, 1.54) is 25.9 Å². The summed E-state index contributed by atoms with van der Waals surface area (Å²) in [5.74, 6) is 0.809. The molecule has 13 heavy (non-hydrogen) atoms. The zero-order valence-corrected chi connectivity index (χ0v) is 9.20. The molecule has 2 unspecified atom stereocenters. The summed E-state index contributed by atoms with van der Waals surface area (Å²) >= 11 is 3.54. The molecular formula is C9H14BrN3. The van der Waals surface area contributed by atoms with Gasteiger partial charge in [-0.1, -0.05) is 15.9 Å². The van der Waals surface area contributed by atoms with Crippen LogP contribution in [0.1, 0.15) is 19.3 Å². The summed E-state index contributed by atoms with van der Waals surface area (Å²) in [7, 11) is 0. The fourth-order valence-electron chi connectivity index (χ4n) is 3.04. The molecule has 2 atom stereocenters. The number of azo groups is 1. The second-order valence-electron chi connectivity index (χ2n) is 4.51. The first-order valence-electron chi connectivity index (χ1n) is 5.07. The van der Waals surface area contributed by atoms with E-state index >= 15 is 0 Å². The molecule has 1 spiro atoms. The zero-order valence-electron chi connectivity index (χ0n) is 7.62. The number of piperidine rings is 3. The van der Waals surface area contributed by atoms with E-state index in [2.05, 4.69) is 31.1 Å². The third-order valence-electron chi connectivity index (χ3n) is 3.75. The Kier molecular flexibility index (Phi) is 1.78. The minimum absolute atomic E-state index is 0.199. The average Bonchev–Trinajstić information content (AvgIpc) is 2.49. The molecule has 0 aromatic heterocycles. The quantitative estimate of drug-likeness (QED) is 0.473. The summed E-state index contributed by atoms with van der Waals surface area (Å²) < 4.78 is 0. The van der Waals surface area contributed by atoms with Crippen LogP contribution in [0, 0.1) is 5.92 Å². The number of hydrogen-bond acceptors (Lipinski definition) is 3. The van der Waals surface area contributed by atoms with Gasteiger partial charge in [-0.15, -0.1) is 0 Å². The van der Waals surface area contributed by atoms with E-state index in [0.717, 1.165) is 18.9 Å². The van der Waals surface area contributed by atoms with Gasteiger partial charge in [0.1, 0.15) is 10.5 Å². The molecule has 0 radical (unpaired) electrons. The summed E-state index contributed by atoms with van der Waals surface area (Å²) in [6.45, 7) is 3.73. The highest BCUT2D eigenvalue weighted by Gasteiger charge is 2.50. The molecule has 4 rings (SSSR count). The largest absolute Gasteiger partial charge is 0.301 e. The molecular weight excluding hydrogens is 230 g/mol. The second kappa shape index (κ2) is 2.76. The van der Waals surface area contributed by atoms with Crippen LogP contribution in [0.25, 0.3) is 0 Å². The predicted octanol–water partition coefficient (Wildman–Crippen LogP) is 2.03. The van der Waals surface area contributed by atoms with E-state index in [-0.39, 0.29) is 10.5 Å². The minimum Gasteiger partial charge on any atom is -0.301 e. The van der Waals surface area contributed by atoms with Crippen molar-refractivity contribution in [2.24, 2.45) is 16.1 Å². The first-order valence-corrected chi connectivity index (χ1v) is 5.98. The molecule has 72 valence electrons. The topological polar surface area (TPSA) is 28.0 Å². The fourth-order valence-corrected chi connectivity index (χ4v) is 3.69. The van der Waals surface area contributed by atoms with Crippen molar-refractivity contribution in [3.63, 3.8) is 0 Å². The molecule has 2 bridgehead atoms. The number of rotatable bonds is 0. The Morgan fingerprint density at radius 1 is 1.31 bits per heavy atom. The number of alkyl halides is 1. The first kappa shape index (κ1) is 8.36. The average molecular weight is 244 g/mol. The van der Waals surface area contributed by atoms with Gasteiger partial charge in [0.05, 0.1) is 0 Å². The third kappa shape index (κ3) is 1.18. The van der Waals surface area contributed by atoms with Crippen LogP contribution in [0.2, 0.25) is 0 Å². The van der Waals surface area contributed by atoms with Crippen molar-refractivity contribution in [1.82, 2.24) is 4.90 Å². The van der Waals surface area contributed by atoms with E-state index < -0.39 is 0 Å². The predicted molar refractivity (Wildman–Crippen MR) is 54.1 cm³/mol. The molecule has 0 aromatic rings. The fraction of sp³-hybridized carbons (Fsp3) is 1.00. The van der Waals surface area contributed by atoms with Crippen molar-refractivity contribution in [3.8, 4) is 0 Å². The maximum absolute atomic E-state index is 4.53. The van der Waals surface area contributed by atoms with Gasteiger partial charge in [0, 0.05) is 13.0 Å². The summed E-state index contributed by atoms with van der Waals surface area (Å²) in [5.41, 5.74) is 0.199. The van der Waals surface area contributed by atoms with E-state index in [1.54, 1.807) is 0 Å². The molecule has 4 aliphatic rings. The molecule has 0 saturated carbocycles. The Labute approximate surface area is 86.7 Å². The molecule has 4 aliphatic heterocycles. The Morgan fingerprint density at radius 3 is 2.54 bits per heavy atom. The van der Waals surface area contributed by atoms with Gasteiger partial charge in [0.25, 0.3) is 0 Å². The van der Waals surface area contributed by atoms with E-state index in [9.17, 15) is 0 Å². The zero-order chi connectivity index (χ0) is 8.89. The Hall–Kier alpha value is 0.0400. The molecule has 0 N–H and O–H groups in total. The Bertz CT molecular complexity index is 247. The first-order chi connectivity index (χ1) is 6.28. The minimum atomic E-state index is 0.199. The van der Waals surface area contributed by atoms with Gasteiger partial charge in [0.2, 0.25) is 0 Å². The highest BCUT2D eigenvalue weighted by molar-refractivity contribution is 9.09. The molecule has 3 fully saturated rings. The smallest absolute Gasteiger partial charge is 0.128 e. The summed E-state index contributed by atoms with van der Waals surface area (Å²) in [4.78, 5) is 2.83. The van der Waals surface area contributed by atoms with Gasteiger partial charge >= 0.3 is 0 Å².